The predicted octanol–water partition coefficient (Wildman–Crippen LogP) is 4.82. The van der Waals surface area contributed by atoms with Crippen LogP contribution in [0, 0.1) is 5.82 Å². The van der Waals surface area contributed by atoms with Crippen LogP contribution in [0.4, 0.5) is 4.39 Å². The van der Waals surface area contributed by atoms with Crippen LogP contribution in [0.3, 0.4) is 0 Å². The normalized spacial score (nSPS) is 10.9. The molecule has 6 heteroatoms. The van der Waals surface area contributed by atoms with E-state index in [0.717, 1.165) is 33.4 Å². The first-order valence-electron chi connectivity index (χ1n) is 8.54. The molecule has 0 radical (unpaired) electrons. The van der Waals surface area contributed by atoms with Crippen molar-refractivity contribution >= 4 is 11.8 Å². The summed E-state index contributed by atoms with van der Waals surface area (Å²) in [5, 5.41) is 9.59. The number of halogens is 1. The standard InChI is InChI=1S/C21H17FN4S/c22-19-10-8-18(9-11-19)20-24-25-21(27-15-17-7-4-12-23-13-17)26(20)14-16-5-2-1-3-6-16/h1-13H,14-15H2. The number of nitrogens with zero attached hydrogens (tertiary/aromatic N) is 4. The minimum absolute atomic E-state index is 0.265. The molecule has 0 aliphatic carbocycles. The van der Waals surface area contributed by atoms with Crippen LogP contribution in [0.1, 0.15) is 11.1 Å². The molecule has 27 heavy (non-hydrogen) atoms. The van der Waals surface area contributed by atoms with Gasteiger partial charge in [0.1, 0.15) is 5.82 Å². The van der Waals surface area contributed by atoms with Gasteiger partial charge in [-0.3, -0.25) is 9.55 Å². The Labute approximate surface area is 161 Å². The van der Waals surface area contributed by atoms with E-state index >= 15 is 0 Å². The molecular formula is C21H17FN4S. The van der Waals surface area contributed by atoms with E-state index in [4.69, 9.17) is 0 Å². The Kier molecular flexibility index (Phi) is 5.25. The Hall–Kier alpha value is -2.99. The molecule has 2 aromatic heterocycles. The number of benzene rings is 2. The second kappa shape index (κ2) is 8.14. The van der Waals surface area contributed by atoms with E-state index in [1.54, 1.807) is 30.1 Å². The van der Waals surface area contributed by atoms with Gasteiger partial charge in [0, 0.05) is 23.7 Å². The van der Waals surface area contributed by atoms with Gasteiger partial charge in [-0.1, -0.05) is 48.2 Å². The zero-order valence-corrected chi connectivity index (χ0v) is 15.3. The summed E-state index contributed by atoms with van der Waals surface area (Å²) >= 11 is 1.61. The molecule has 4 aromatic rings. The van der Waals surface area contributed by atoms with Crippen molar-refractivity contribution in [2.24, 2.45) is 0 Å². The molecule has 0 saturated heterocycles. The number of hydrogen-bond donors (Lipinski definition) is 0. The van der Waals surface area contributed by atoms with Gasteiger partial charge in [-0.15, -0.1) is 10.2 Å². The van der Waals surface area contributed by atoms with E-state index in [0.29, 0.717) is 6.54 Å². The lowest BCUT2D eigenvalue weighted by Crippen LogP contribution is -2.04. The largest absolute Gasteiger partial charge is 0.298 e. The molecule has 0 fully saturated rings. The molecule has 0 aliphatic heterocycles. The van der Waals surface area contributed by atoms with Gasteiger partial charge in [0.05, 0.1) is 6.54 Å². The molecular weight excluding hydrogens is 359 g/mol. The molecule has 4 nitrogen and oxygen atoms in total. The van der Waals surface area contributed by atoms with Gasteiger partial charge in [0.25, 0.3) is 0 Å². The molecule has 0 saturated carbocycles. The molecule has 0 N–H and O–H groups in total. The first-order chi connectivity index (χ1) is 13.3. The van der Waals surface area contributed by atoms with Crippen LogP contribution >= 0.6 is 11.8 Å². The van der Waals surface area contributed by atoms with Gasteiger partial charge >= 0.3 is 0 Å². The van der Waals surface area contributed by atoms with Crippen LogP contribution in [-0.2, 0) is 12.3 Å². The summed E-state index contributed by atoms with van der Waals surface area (Å²) in [5.74, 6) is 1.22. The second-order valence-corrected chi connectivity index (χ2v) is 6.98. The third kappa shape index (κ3) is 4.23. The molecule has 2 heterocycles. The zero-order valence-electron chi connectivity index (χ0n) is 14.5. The number of pyridine rings is 1. The lowest BCUT2D eigenvalue weighted by molar-refractivity contribution is 0.628. The summed E-state index contributed by atoms with van der Waals surface area (Å²) in [4.78, 5) is 4.16. The summed E-state index contributed by atoms with van der Waals surface area (Å²) in [6.07, 6.45) is 3.62. The number of rotatable bonds is 6. The van der Waals surface area contributed by atoms with E-state index in [1.165, 1.54) is 12.1 Å². The van der Waals surface area contributed by atoms with E-state index in [9.17, 15) is 4.39 Å². The lowest BCUT2D eigenvalue weighted by Gasteiger charge is -2.10. The van der Waals surface area contributed by atoms with Crippen LogP contribution in [-0.4, -0.2) is 19.7 Å². The summed E-state index contributed by atoms with van der Waals surface area (Å²) in [6, 6.07) is 20.5. The van der Waals surface area contributed by atoms with Gasteiger partial charge in [-0.05, 0) is 41.5 Å². The summed E-state index contributed by atoms with van der Waals surface area (Å²) in [7, 11) is 0. The quantitative estimate of drug-likeness (QED) is 0.453. The smallest absolute Gasteiger partial charge is 0.192 e. The summed E-state index contributed by atoms with van der Waals surface area (Å²) in [5.41, 5.74) is 3.12. The van der Waals surface area contributed by atoms with Crippen molar-refractivity contribution in [3.63, 3.8) is 0 Å². The van der Waals surface area contributed by atoms with Crippen molar-refractivity contribution < 1.29 is 4.39 Å². The Morgan fingerprint density at radius 2 is 1.63 bits per heavy atom. The highest BCUT2D eigenvalue weighted by Gasteiger charge is 2.15. The van der Waals surface area contributed by atoms with Crippen LogP contribution in [0.15, 0.2) is 84.3 Å². The van der Waals surface area contributed by atoms with Crippen LogP contribution in [0.25, 0.3) is 11.4 Å². The first-order valence-corrected chi connectivity index (χ1v) is 9.53. The molecule has 0 aliphatic rings. The molecule has 2 aromatic carbocycles. The van der Waals surface area contributed by atoms with E-state index in [2.05, 4.69) is 31.9 Å². The van der Waals surface area contributed by atoms with Crippen molar-refractivity contribution in [1.82, 2.24) is 19.7 Å². The van der Waals surface area contributed by atoms with Gasteiger partial charge in [0.15, 0.2) is 11.0 Å². The minimum atomic E-state index is -0.265. The third-order valence-electron chi connectivity index (χ3n) is 4.09. The van der Waals surface area contributed by atoms with Crippen molar-refractivity contribution in [2.45, 2.75) is 17.5 Å². The molecule has 0 unspecified atom stereocenters. The Morgan fingerprint density at radius 1 is 0.852 bits per heavy atom. The van der Waals surface area contributed by atoms with Crippen LogP contribution < -0.4 is 0 Å². The fraction of sp³-hybridized carbons (Fsp3) is 0.0952. The maximum atomic E-state index is 13.3. The van der Waals surface area contributed by atoms with Crippen molar-refractivity contribution in [1.29, 1.82) is 0 Å². The highest BCUT2D eigenvalue weighted by molar-refractivity contribution is 7.98. The molecule has 0 bridgehead atoms. The molecule has 0 atom stereocenters. The highest BCUT2D eigenvalue weighted by Crippen LogP contribution is 2.27. The minimum Gasteiger partial charge on any atom is -0.298 e. The third-order valence-corrected chi connectivity index (χ3v) is 5.13. The maximum absolute atomic E-state index is 13.3. The van der Waals surface area contributed by atoms with Crippen molar-refractivity contribution in [3.8, 4) is 11.4 Å². The van der Waals surface area contributed by atoms with E-state index in [-0.39, 0.29) is 5.82 Å². The van der Waals surface area contributed by atoms with Crippen LogP contribution in [0.2, 0.25) is 0 Å². The fourth-order valence-electron chi connectivity index (χ4n) is 2.75. The maximum Gasteiger partial charge on any atom is 0.192 e. The Bertz CT molecular complexity index is 1000. The average Bonchev–Trinajstić information content (AvgIpc) is 3.11. The van der Waals surface area contributed by atoms with Gasteiger partial charge in [-0.25, -0.2) is 4.39 Å². The van der Waals surface area contributed by atoms with Gasteiger partial charge < -0.3 is 0 Å². The Morgan fingerprint density at radius 3 is 2.37 bits per heavy atom. The Balaban J connectivity index is 1.66. The molecule has 0 amide bonds. The van der Waals surface area contributed by atoms with Crippen molar-refractivity contribution in [3.05, 3.63) is 96.1 Å². The van der Waals surface area contributed by atoms with E-state index in [1.807, 2.05) is 36.5 Å². The molecule has 4 rings (SSSR count). The monoisotopic (exact) mass is 376 g/mol. The van der Waals surface area contributed by atoms with Gasteiger partial charge in [0.2, 0.25) is 0 Å². The zero-order chi connectivity index (χ0) is 18.5. The summed E-state index contributed by atoms with van der Waals surface area (Å²) < 4.78 is 15.4. The fourth-order valence-corrected chi connectivity index (χ4v) is 3.62. The average molecular weight is 376 g/mol. The van der Waals surface area contributed by atoms with Gasteiger partial charge in [-0.2, -0.15) is 0 Å². The highest BCUT2D eigenvalue weighted by atomic mass is 32.2. The predicted molar refractivity (Wildman–Crippen MR) is 105 cm³/mol. The number of thioether (sulfide) groups is 1. The van der Waals surface area contributed by atoms with Crippen molar-refractivity contribution in [2.75, 3.05) is 0 Å². The molecule has 134 valence electrons. The summed E-state index contributed by atoms with van der Waals surface area (Å²) in [6.45, 7) is 0.649. The SMILES string of the molecule is Fc1ccc(-c2nnc(SCc3cccnc3)n2Cc2ccccc2)cc1. The van der Waals surface area contributed by atoms with E-state index < -0.39 is 0 Å². The topological polar surface area (TPSA) is 43.6 Å². The van der Waals surface area contributed by atoms with Crippen LogP contribution in [0.5, 0.6) is 0 Å². The number of aromatic nitrogens is 4. The lowest BCUT2D eigenvalue weighted by atomic mass is 10.2. The first kappa shape index (κ1) is 17.4. The molecule has 0 spiro atoms. The number of hydrogen-bond acceptors (Lipinski definition) is 4. The second-order valence-electron chi connectivity index (χ2n) is 6.03.